The van der Waals surface area contributed by atoms with Crippen LogP contribution in [0, 0.1) is 5.92 Å². The summed E-state index contributed by atoms with van der Waals surface area (Å²) in [6.45, 7) is 2.61. The molecule has 1 amide bonds. The summed E-state index contributed by atoms with van der Waals surface area (Å²) in [5.74, 6) is 0.500. The van der Waals surface area contributed by atoms with Crippen molar-refractivity contribution in [3.8, 4) is 0 Å². The van der Waals surface area contributed by atoms with Crippen LogP contribution in [0.5, 0.6) is 0 Å². The van der Waals surface area contributed by atoms with Gasteiger partial charge in [-0.3, -0.25) is 4.79 Å². The van der Waals surface area contributed by atoms with Crippen molar-refractivity contribution in [3.05, 3.63) is 34.2 Å². The molecule has 0 unspecified atom stereocenters. The van der Waals surface area contributed by atoms with E-state index in [0.717, 1.165) is 19.3 Å². The van der Waals surface area contributed by atoms with Crippen molar-refractivity contribution in [2.24, 2.45) is 5.92 Å². The summed E-state index contributed by atoms with van der Waals surface area (Å²) in [6, 6.07) is 2.40. The van der Waals surface area contributed by atoms with E-state index in [9.17, 15) is 9.90 Å². The van der Waals surface area contributed by atoms with E-state index in [1.165, 1.54) is 24.8 Å². The number of hydrogen-bond donors (Lipinski definition) is 1. The normalized spacial score (nSPS) is 25.8. The van der Waals surface area contributed by atoms with Crippen LogP contribution in [0.15, 0.2) is 28.7 Å². The van der Waals surface area contributed by atoms with Gasteiger partial charge in [0.1, 0.15) is 0 Å². The molecule has 0 radical (unpaired) electrons. The van der Waals surface area contributed by atoms with Crippen LogP contribution in [0.4, 0.5) is 0 Å². The number of aliphatic hydroxyl groups excluding tert-OH is 1. The van der Waals surface area contributed by atoms with Crippen LogP contribution < -0.4 is 0 Å². The maximum Gasteiger partial charge on any atom is 0.288 e. The molecule has 0 bridgehead atoms. The summed E-state index contributed by atoms with van der Waals surface area (Å²) in [5.41, 5.74) is 1.19. The maximum atomic E-state index is 13.2. The summed E-state index contributed by atoms with van der Waals surface area (Å²) < 4.78 is 12.0. The molecule has 1 saturated carbocycles. The number of ether oxygens (including phenoxy) is 2. The predicted octanol–water partition coefficient (Wildman–Crippen LogP) is 4.29. The zero-order chi connectivity index (χ0) is 19.9. The summed E-state index contributed by atoms with van der Waals surface area (Å²) >= 11 is 1.66. The number of carbonyl (C=O) groups is 1. The van der Waals surface area contributed by atoms with Crippen LogP contribution in [0.25, 0.3) is 0 Å². The fourth-order valence-electron chi connectivity index (χ4n) is 4.41. The van der Waals surface area contributed by atoms with E-state index in [-0.39, 0.29) is 24.3 Å². The van der Waals surface area contributed by atoms with E-state index >= 15 is 0 Å². The minimum atomic E-state index is -0.467. The van der Waals surface area contributed by atoms with Gasteiger partial charge in [-0.15, -0.1) is 0 Å². The number of rotatable bonds is 8. The molecule has 156 valence electrons. The van der Waals surface area contributed by atoms with Gasteiger partial charge in [-0.05, 0) is 61.1 Å². The van der Waals surface area contributed by atoms with Crippen molar-refractivity contribution < 1.29 is 19.4 Å². The van der Waals surface area contributed by atoms with Crippen LogP contribution in [-0.2, 0) is 14.3 Å². The molecule has 28 heavy (non-hydrogen) atoms. The molecule has 0 aromatic carbocycles. The third-order valence-corrected chi connectivity index (χ3v) is 6.69. The van der Waals surface area contributed by atoms with Crippen molar-refractivity contribution >= 4 is 17.2 Å². The Balaban J connectivity index is 1.85. The van der Waals surface area contributed by atoms with Gasteiger partial charge in [0, 0.05) is 38.1 Å². The standard InChI is InChI=1S/C22H33NO4S/c1-3-26-22-18(10-7-12-24)19(16-11-13-28-15-16)14-20(27-22)21(25)23(2)17-8-5-4-6-9-17/h11,13-15,17-19,22,24H,3-10,12H2,1-2H3/t18-,19+,22+/m1/s1. The smallest absolute Gasteiger partial charge is 0.288 e. The number of carbonyl (C=O) groups excluding carboxylic acids is 1. The quantitative estimate of drug-likeness (QED) is 0.698. The maximum absolute atomic E-state index is 13.2. The van der Waals surface area contributed by atoms with E-state index in [1.807, 2.05) is 24.9 Å². The highest BCUT2D eigenvalue weighted by Gasteiger charge is 2.39. The molecule has 1 fully saturated rings. The first-order valence-electron chi connectivity index (χ1n) is 10.6. The van der Waals surface area contributed by atoms with Gasteiger partial charge in [0.2, 0.25) is 6.29 Å². The average molecular weight is 408 g/mol. The van der Waals surface area contributed by atoms with Crippen molar-refractivity contribution in [2.75, 3.05) is 20.3 Å². The average Bonchev–Trinajstić information content (AvgIpc) is 3.27. The molecule has 1 aliphatic heterocycles. The van der Waals surface area contributed by atoms with E-state index in [0.29, 0.717) is 24.8 Å². The molecule has 2 heterocycles. The molecule has 6 heteroatoms. The van der Waals surface area contributed by atoms with Crippen LogP contribution in [0.2, 0.25) is 0 Å². The van der Waals surface area contributed by atoms with Crippen LogP contribution in [0.3, 0.4) is 0 Å². The number of nitrogens with zero attached hydrogens (tertiary/aromatic N) is 1. The van der Waals surface area contributed by atoms with Gasteiger partial charge in [-0.2, -0.15) is 11.3 Å². The van der Waals surface area contributed by atoms with Gasteiger partial charge in [-0.25, -0.2) is 0 Å². The Morgan fingerprint density at radius 2 is 2.14 bits per heavy atom. The molecule has 0 spiro atoms. The van der Waals surface area contributed by atoms with Gasteiger partial charge < -0.3 is 19.5 Å². The third kappa shape index (κ3) is 4.97. The zero-order valence-electron chi connectivity index (χ0n) is 17.0. The number of aliphatic hydroxyl groups is 1. The molecule has 5 nitrogen and oxygen atoms in total. The Kier molecular flexibility index (Phi) is 7.94. The van der Waals surface area contributed by atoms with Gasteiger partial charge >= 0.3 is 0 Å². The zero-order valence-corrected chi connectivity index (χ0v) is 17.8. The number of allylic oxidation sites excluding steroid dienone is 1. The fourth-order valence-corrected chi connectivity index (χ4v) is 5.12. The Bertz CT molecular complexity index is 639. The highest BCUT2D eigenvalue weighted by Crippen LogP contribution is 2.40. The minimum absolute atomic E-state index is 0.0440. The summed E-state index contributed by atoms with van der Waals surface area (Å²) in [7, 11) is 1.90. The molecular formula is C22H33NO4S. The van der Waals surface area contributed by atoms with Gasteiger partial charge in [0.15, 0.2) is 5.76 Å². The first-order chi connectivity index (χ1) is 13.7. The summed E-state index contributed by atoms with van der Waals surface area (Å²) in [6.07, 6.45) is 8.77. The van der Waals surface area contributed by atoms with Gasteiger partial charge in [-0.1, -0.05) is 19.3 Å². The highest BCUT2D eigenvalue weighted by atomic mass is 32.1. The Morgan fingerprint density at radius 1 is 1.36 bits per heavy atom. The second-order valence-corrected chi connectivity index (χ2v) is 8.57. The molecule has 2 aliphatic rings. The monoisotopic (exact) mass is 407 g/mol. The summed E-state index contributed by atoms with van der Waals surface area (Å²) in [4.78, 5) is 15.1. The molecule has 1 aromatic rings. The van der Waals surface area contributed by atoms with Gasteiger partial charge in [0.05, 0.1) is 0 Å². The topological polar surface area (TPSA) is 59.0 Å². The highest BCUT2D eigenvalue weighted by molar-refractivity contribution is 7.08. The Morgan fingerprint density at radius 3 is 2.79 bits per heavy atom. The van der Waals surface area contributed by atoms with Gasteiger partial charge in [0.25, 0.3) is 5.91 Å². The van der Waals surface area contributed by atoms with Crippen LogP contribution >= 0.6 is 11.3 Å². The molecular weight excluding hydrogens is 374 g/mol. The SMILES string of the molecule is CCO[C@H]1OC(C(=O)N(C)C2CCCCC2)=C[C@@H](c2ccsc2)[C@H]1CCCO. The van der Waals surface area contributed by atoms with E-state index in [4.69, 9.17) is 9.47 Å². The van der Waals surface area contributed by atoms with E-state index < -0.39 is 6.29 Å². The largest absolute Gasteiger partial charge is 0.459 e. The number of hydrogen-bond acceptors (Lipinski definition) is 5. The molecule has 0 saturated heterocycles. The van der Waals surface area contributed by atoms with Crippen LogP contribution in [0.1, 0.15) is 63.4 Å². The lowest BCUT2D eigenvalue weighted by Gasteiger charge is -2.38. The third-order valence-electron chi connectivity index (χ3n) is 5.99. The van der Waals surface area contributed by atoms with Crippen molar-refractivity contribution in [2.45, 2.75) is 70.1 Å². The van der Waals surface area contributed by atoms with E-state index in [1.54, 1.807) is 11.3 Å². The lowest BCUT2D eigenvalue weighted by atomic mass is 9.81. The first kappa shape index (κ1) is 21.3. The second kappa shape index (κ2) is 10.4. The number of thiophene rings is 1. The lowest BCUT2D eigenvalue weighted by Crippen LogP contribution is -2.43. The Hall–Kier alpha value is -1.37. The Labute approximate surface area is 172 Å². The first-order valence-corrected chi connectivity index (χ1v) is 11.5. The molecule has 1 N–H and O–H groups in total. The number of likely N-dealkylation sites (N-methyl/N-ethyl adjacent to an activating group) is 1. The molecule has 3 atom stereocenters. The molecule has 3 rings (SSSR count). The lowest BCUT2D eigenvalue weighted by molar-refractivity contribution is -0.170. The second-order valence-electron chi connectivity index (χ2n) is 7.79. The van der Waals surface area contributed by atoms with Crippen molar-refractivity contribution in [3.63, 3.8) is 0 Å². The molecule has 1 aliphatic carbocycles. The van der Waals surface area contributed by atoms with Crippen molar-refractivity contribution in [1.29, 1.82) is 0 Å². The minimum Gasteiger partial charge on any atom is -0.459 e. The molecule has 1 aromatic heterocycles. The fraction of sp³-hybridized carbons (Fsp3) is 0.682. The number of amides is 1. The van der Waals surface area contributed by atoms with Crippen LogP contribution in [-0.4, -0.2) is 48.5 Å². The summed E-state index contributed by atoms with van der Waals surface area (Å²) in [5, 5.41) is 13.5. The van der Waals surface area contributed by atoms with E-state index in [2.05, 4.69) is 16.8 Å². The predicted molar refractivity (Wildman–Crippen MR) is 111 cm³/mol. The van der Waals surface area contributed by atoms with Crippen molar-refractivity contribution in [1.82, 2.24) is 4.90 Å².